The maximum absolute atomic E-state index is 12.5. The fraction of sp³-hybridized carbons (Fsp3) is 0.562. The van der Waals surface area contributed by atoms with E-state index in [1.807, 2.05) is 44.0 Å². The van der Waals surface area contributed by atoms with Crippen molar-refractivity contribution in [3.8, 4) is 0 Å². The molecule has 20 heavy (non-hydrogen) atoms. The Morgan fingerprint density at radius 3 is 2.50 bits per heavy atom. The molecule has 1 amide bonds. The maximum Gasteiger partial charge on any atom is 0.253 e. The van der Waals surface area contributed by atoms with Gasteiger partial charge in [0.05, 0.1) is 5.60 Å². The quantitative estimate of drug-likeness (QED) is 0.879. The van der Waals surface area contributed by atoms with Crippen LogP contribution in [0.3, 0.4) is 0 Å². The molecule has 4 nitrogen and oxygen atoms in total. The number of hydrogen-bond donors (Lipinski definition) is 2. The average molecular weight is 276 g/mol. The van der Waals surface area contributed by atoms with E-state index in [-0.39, 0.29) is 5.91 Å². The molecule has 2 rings (SSSR count). The van der Waals surface area contributed by atoms with Crippen molar-refractivity contribution in [2.45, 2.75) is 32.3 Å². The number of hydrogen-bond acceptors (Lipinski definition) is 3. The number of aryl methyl sites for hydroxylation is 2. The Morgan fingerprint density at radius 1 is 1.30 bits per heavy atom. The fourth-order valence-corrected chi connectivity index (χ4v) is 2.69. The zero-order valence-electron chi connectivity index (χ0n) is 12.6. The monoisotopic (exact) mass is 276 g/mol. The molecule has 1 aromatic carbocycles. The van der Waals surface area contributed by atoms with E-state index in [2.05, 4.69) is 5.32 Å². The van der Waals surface area contributed by atoms with Crippen LogP contribution in [0.2, 0.25) is 0 Å². The van der Waals surface area contributed by atoms with Crippen molar-refractivity contribution in [1.29, 1.82) is 0 Å². The Morgan fingerprint density at radius 2 is 1.95 bits per heavy atom. The number of piperidine rings is 1. The van der Waals surface area contributed by atoms with Gasteiger partial charge in [0.25, 0.3) is 5.91 Å². The Balaban J connectivity index is 2.03. The highest BCUT2D eigenvalue weighted by molar-refractivity contribution is 5.94. The van der Waals surface area contributed by atoms with Crippen LogP contribution in [0, 0.1) is 13.8 Å². The third-order valence-electron chi connectivity index (χ3n) is 4.24. The molecule has 0 spiro atoms. The summed E-state index contributed by atoms with van der Waals surface area (Å²) >= 11 is 0. The molecule has 110 valence electrons. The van der Waals surface area contributed by atoms with Gasteiger partial charge in [0.2, 0.25) is 0 Å². The van der Waals surface area contributed by atoms with Crippen LogP contribution < -0.4 is 5.32 Å². The summed E-state index contributed by atoms with van der Waals surface area (Å²) in [4.78, 5) is 14.3. The lowest BCUT2D eigenvalue weighted by Gasteiger charge is -2.38. The second-order valence-electron chi connectivity index (χ2n) is 5.85. The van der Waals surface area contributed by atoms with Crippen LogP contribution in [0.5, 0.6) is 0 Å². The summed E-state index contributed by atoms with van der Waals surface area (Å²) in [6.45, 7) is 5.88. The zero-order chi connectivity index (χ0) is 14.8. The first-order chi connectivity index (χ1) is 9.45. The lowest BCUT2D eigenvalue weighted by atomic mass is 9.91. The molecule has 1 fully saturated rings. The van der Waals surface area contributed by atoms with Gasteiger partial charge in [0.1, 0.15) is 0 Å². The molecule has 0 aliphatic carbocycles. The van der Waals surface area contributed by atoms with Crippen LogP contribution in [0.15, 0.2) is 18.2 Å². The molecule has 1 aromatic rings. The molecule has 0 atom stereocenters. The summed E-state index contributed by atoms with van der Waals surface area (Å²) in [6, 6.07) is 5.83. The van der Waals surface area contributed by atoms with E-state index in [0.29, 0.717) is 32.5 Å². The van der Waals surface area contributed by atoms with E-state index < -0.39 is 5.60 Å². The summed E-state index contributed by atoms with van der Waals surface area (Å²) in [5, 5.41) is 13.3. The maximum atomic E-state index is 12.5. The Bertz CT molecular complexity index is 491. The van der Waals surface area contributed by atoms with Crippen molar-refractivity contribution in [2.24, 2.45) is 0 Å². The molecule has 1 heterocycles. The van der Waals surface area contributed by atoms with Gasteiger partial charge in [-0.15, -0.1) is 0 Å². The van der Waals surface area contributed by atoms with Crippen molar-refractivity contribution in [2.75, 3.05) is 26.7 Å². The molecule has 0 bridgehead atoms. The first kappa shape index (κ1) is 15.0. The third-order valence-corrected chi connectivity index (χ3v) is 4.24. The fourth-order valence-electron chi connectivity index (χ4n) is 2.69. The summed E-state index contributed by atoms with van der Waals surface area (Å²) in [5.74, 6) is 0.0691. The van der Waals surface area contributed by atoms with Crippen LogP contribution in [-0.2, 0) is 0 Å². The minimum absolute atomic E-state index is 0.0691. The van der Waals surface area contributed by atoms with Gasteiger partial charge in [0, 0.05) is 25.2 Å². The van der Waals surface area contributed by atoms with Crippen LogP contribution in [0.25, 0.3) is 0 Å². The smallest absolute Gasteiger partial charge is 0.253 e. The predicted molar refractivity (Wildman–Crippen MR) is 79.9 cm³/mol. The Kier molecular flexibility index (Phi) is 4.45. The summed E-state index contributed by atoms with van der Waals surface area (Å²) in [6.07, 6.45) is 1.26. The van der Waals surface area contributed by atoms with E-state index in [1.54, 1.807) is 0 Å². The topological polar surface area (TPSA) is 52.6 Å². The van der Waals surface area contributed by atoms with E-state index >= 15 is 0 Å². The SMILES string of the molecule is CNCC1(O)CCN(C(=O)c2ccc(C)c(C)c2)CC1. The molecule has 1 aliphatic rings. The lowest BCUT2D eigenvalue weighted by molar-refractivity contribution is -0.0143. The van der Waals surface area contributed by atoms with Crippen molar-refractivity contribution < 1.29 is 9.90 Å². The second-order valence-corrected chi connectivity index (χ2v) is 5.85. The van der Waals surface area contributed by atoms with Gasteiger partial charge in [-0.05, 0) is 57.0 Å². The molecule has 0 saturated carbocycles. The summed E-state index contributed by atoms with van der Waals surface area (Å²) in [7, 11) is 1.84. The number of nitrogens with zero attached hydrogens (tertiary/aromatic N) is 1. The number of benzene rings is 1. The molecule has 1 aliphatic heterocycles. The Labute approximate surface area is 120 Å². The number of aliphatic hydroxyl groups is 1. The lowest BCUT2D eigenvalue weighted by Crippen LogP contribution is -2.50. The number of carbonyl (C=O) groups excluding carboxylic acids is 1. The highest BCUT2D eigenvalue weighted by atomic mass is 16.3. The third kappa shape index (κ3) is 3.19. The first-order valence-electron chi connectivity index (χ1n) is 7.19. The van der Waals surface area contributed by atoms with Crippen LogP contribution in [0.4, 0.5) is 0 Å². The zero-order valence-corrected chi connectivity index (χ0v) is 12.6. The molecule has 0 radical (unpaired) electrons. The van der Waals surface area contributed by atoms with E-state index in [4.69, 9.17) is 0 Å². The summed E-state index contributed by atoms with van der Waals surface area (Å²) in [5.41, 5.74) is 2.41. The molecule has 2 N–H and O–H groups in total. The second kappa shape index (κ2) is 5.94. The number of carbonyl (C=O) groups is 1. The van der Waals surface area contributed by atoms with Crippen molar-refractivity contribution >= 4 is 5.91 Å². The van der Waals surface area contributed by atoms with E-state index in [9.17, 15) is 9.90 Å². The summed E-state index contributed by atoms with van der Waals surface area (Å²) < 4.78 is 0. The highest BCUT2D eigenvalue weighted by Gasteiger charge is 2.33. The minimum Gasteiger partial charge on any atom is -0.388 e. The van der Waals surface area contributed by atoms with E-state index in [0.717, 1.165) is 11.1 Å². The highest BCUT2D eigenvalue weighted by Crippen LogP contribution is 2.23. The van der Waals surface area contributed by atoms with Crippen LogP contribution in [0.1, 0.15) is 34.3 Å². The number of likely N-dealkylation sites (N-methyl/N-ethyl adjacent to an activating group) is 1. The standard InChI is InChI=1S/C16H24N2O2/c1-12-4-5-14(10-13(12)2)15(19)18-8-6-16(20,7-9-18)11-17-3/h4-5,10,17,20H,6-9,11H2,1-3H3. The molecule has 4 heteroatoms. The van der Waals surface area contributed by atoms with Crippen molar-refractivity contribution in [3.63, 3.8) is 0 Å². The number of amides is 1. The first-order valence-corrected chi connectivity index (χ1v) is 7.19. The molecular weight excluding hydrogens is 252 g/mol. The van der Waals surface area contributed by atoms with Gasteiger partial charge < -0.3 is 15.3 Å². The van der Waals surface area contributed by atoms with Crippen molar-refractivity contribution in [1.82, 2.24) is 10.2 Å². The van der Waals surface area contributed by atoms with Crippen LogP contribution in [-0.4, -0.2) is 48.2 Å². The van der Waals surface area contributed by atoms with Crippen molar-refractivity contribution in [3.05, 3.63) is 34.9 Å². The number of nitrogens with one attached hydrogen (secondary N) is 1. The van der Waals surface area contributed by atoms with Gasteiger partial charge in [-0.25, -0.2) is 0 Å². The molecule has 1 saturated heterocycles. The number of likely N-dealkylation sites (tertiary alicyclic amines) is 1. The van der Waals surface area contributed by atoms with Gasteiger partial charge in [-0.3, -0.25) is 4.79 Å². The number of rotatable bonds is 3. The minimum atomic E-state index is -0.672. The predicted octanol–water partition coefficient (Wildman–Crippen LogP) is 1.49. The van der Waals surface area contributed by atoms with Gasteiger partial charge in [-0.2, -0.15) is 0 Å². The van der Waals surface area contributed by atoms with Gasteiger partial charge in [0.15, 0.2) is 0 Å². The molecule has 0 unspecified atom stereocenters. The largest absolute Gasteiger partial charge is 0.388 e. The van der Waals surface area contributed by atoms with Gasteiger partial charge >= 0.3 is 0 Å². The molecule has 0 aromatic heterocycles. The van der Waals surface area contributed by atoms with Gasteiger partial charge in [-0.1, -0.05) is 6.07 Å². The van der Waals surface area contributed by atoms with E-state index in [1.165, 1.54) is 5.56 Å². The normalized spacial score (nSPS) is 18.1. The Hall–Kier alpha value is -1.39. The average Bonchev–Trinajstić information content (AvgIpc) is 2.42. The molecular formula is C16H24N2O2. The van der Waals surface area contributed by atoms with Crippen LogP contribution >= 0.6 is 0 Å².